The number of hydrogen-bond acceptors (Lipinski definition) is 0. The SMILES string of the molecule is CCc1ccccc1-c1c(C)ccc2c1C=C(C(C)C)[CH]2[Zr]([Cl])([Cl])([c]1cccc2c1[SiH2]c1ccccc1-2)[CH]1C(C(C)C)=Cc2c1ccc(C)c2-c1ccccc1CC. The zero-order valence-corrected chi connectivity index (χ0v) is 40.7. The molecule has 1 heterocycles. The van der Waals surface area contributed by atoms with Crippen molar-refractivity contribution in [1.29, 1.82) is 0 Å². The fourth-order valence-electron chi connectivity index (χ4n) is 11.3. The van der Waals surface area contributed by atoms with Crippen molar-refractivity contribution in [2.75, 3.05) is 0 Å². The summed E-state index contributed by atoms with van der Waals surface area (Å²) in [5.74, 6) is 0.502. The van der Waals surface area contributed by atoms with Crippen molar-refractivity contribution in [2.24, 2.45) is 11.8 Å². The summed E-state index contributed by atoms with van der Waals surface area (Å²) in [6, 6.07) is 43.6. The van der Waals surface area contributed by atoms with E-state index >= 15 is 0 Å². The maximum atomic E-state index is 9.40. The second-order valence-corrected chi connectivity index (χ2v) is 40.3. The second kappa shape index (κ2) is 14.9. The molecule has 0 saturated carbocycles. The van der Waals surface area contributed by atoms with Gasteiger partial charge in [0.1, 0.15) is 0 Å². The van der Waals surface area contributed by atoms with Crippen LogP contribution in [0.1, 0.15) is 93.3 Å². The van der Waals surface area contributed by atoms with Gasteiger partial charge in [-0.3, -0.25) is 0 Å². The molecule has 2 aliphatic carbocycles. The summed E-state index contributed by atoms with van der Waals surface area (Å²) >= 11 is -5.68. The summed E-state index contributed by atoms with van der Waals surface area (Å²) in [7, 11) is 17.9. The number of aryl methyl sites for hydroxylation is 4. The topological polar surface area (TPSA) is 0 Å². The van der Waals surface area contributed by atoms with Gasteiger partial charge in [0.15, 0.2) is 0 Å². The van der Waals surface area contributed by atoms with Crippen molar-refractivity contribution in [2.45, 2.75) is 75.5 Å². The summed E-state index contributed by atoms with van der Waals surface area (Å²) in [5.41, 5.74) is 21.4. The van der Waals surface area contributed by atoms with Crippen molar-refractivity contribution < 1.29 is 16.4 Å². The minimum absolute atomic E-state index is 0.108. The summed E-state index contributed by atoms with van der Waals surface area (Å²) < 4.78 is 1.08. The van der Waals surface area contributed by atoms with E-state index in [1.54, 1.807) is 0 Å². The van der Waals surface area contributed by atoms with Gasteiger partial charge in [0, 0.05) is 0 Å². The van der Waals surface area contributed by atoms with Crippen LogP contribution in [-0.4, -0.2) is 9.52 Å². The Kier molecular flexibility index (Phi) is 10.2. The normalized spacial score (nSPS) is 17.8. The first-order valence-electron chi connectivity index (χ1n) is 21.5. The van der Waals surface area contributed by atoms with E-state index in [2.05, 4.69) is 183 Å². The number of hydrogen-bond donors (Lipinski definition) is 0. The van der Waals surface area contributed by atoms with Gasteiger partial charge < -0.3 is 0 Å². The molecule has 293 valence electrons. The van der Waals surface area contributed by atoms with E-state index in [4.69, 9.17) is 0 Å². The number of allylic oxidation sites excluding steroid dienone is 2. The van der Waals surface area contributed by atoms with Crippen LogP contribution in [0.3, 0.4) is 0 Å². The van der Waals surface area contributed by atoms with E-state index in [0.29, 0.717) is 0 Å². The molecule has 0 radical (unpaired) electrons. The molecule has 0 fully saturated rings. The van der Waals surface area contributed by atoms with Crippen LogP contribution in [-0.2, 0) is 29.2 Å². The Balaban J connectivity index is 1.41. The number of rotatable bonds is 9. The first-order valence-corrected chi connectivity index (χ1v) is 33.3. The monoisotopic (exact) mass is 891 g/mol. The summed E-state index contributed by atoms with van der Waals surface area (Å²) in [5, 5.41) is 2.97. The summed E-state index contributed by atoms with van der Waals surface area (Å²) in [4.78, 5) is 0. The van der Waals surface area contributed by atoms with Gasteiger partial charge in [0.05, 0.1) is 0 Å². The Morgan fingerprint density at radius 1 is 0.534 bits per heavy atom. The third-order valence-electron chi connectivity index (χ3n) is 14.0. The molecular weight excluding hydrogens is 839 g/mol. The Morgan fingerprint density at radius 2 is 0.983 bits per heavy atom. The van der Waals surface area contributed by atoms with E-state index in [0.717, 1.165) is 12.8 Å². The van der Waals surface area contributed by atoms with Crippen LogP contribution in [0.4, 0.5) is 0 Å². The standard InChI is InChI=1S/2C21H23.C12H9Si.2ClH.Zr/c2*1-5-16-8-6-7-9-19(16)21-15(4)10-11-17-12-18(14(2)3)13-20(17)21;1-3-7-11-9(5-1)10-6-2-4-8-12(10)13-11;;;/h2*6-14H,5H2,1-4H3;1-7H,13H2;2*1H;/q;;;;;+2/p-2. The van der Waals surface area contributed by atoms with E-state index in [9.17, 15) is 17.0 Å². The van der Waals surface area contributed by atoms with Crippen LogP contribution in [0, 0.1) is 25.7 Å². The molecule has 0 bridgehead atoms. The predicted molar refractivity (Wildman–Crippen MR) is 254 cm³/mol. The second-order valence-electron chi connectivity index (χ2n) is 17.8. The Hall–Kier alpha value is -3.52. The van der Waals surface area contributed by atoms with Crippen molar-refractivity contribution in [1.82, 2.24) is 0 Å². The van der Waals surface area contributed by atoms with Crippen molar-refractivity contribution in [3.63, 3.8) is 0 Å². The van der Waals surface area contributed by atoms with Crippen molar-refractivity contribution in [3.05, 3.63) is 171 Å². The third kappa shape index (κ3) is 5.90. The molecule has 4 heteroatoms. The summed E-state index contributed by atoms with van der Waals surface area (Å²) in [6.07, 6.45) is 7.04. The van der Waals surface area contributed by atoms with Gasteiger partial charge in [0.25, 0.3) is 0 Å². The van der Waals surface area contributed by atoms with E-state index in [-0.39, 0.29) is 19.1 Å². The summed E-state index contributed by atoms with van der Waals surface area (Å²) in [6.45, 7) is 18.6. The molecular formula is C54H55Cl2SiZr. The molecule has 6 aromatic carbocycles. The first-order chi connectivity index (χ1) is 27.9. The molecule has 0 spiro atoms. The quantitative estimate of drug-likeness (QED) is 0.127. The molecule has 0 aromatic heterocycles. The Morgan fingerprint density at radius 3 is 1.47 bits per heavy atom. The molecule has 0 N–H and O–H groups in total. The molecule has 1 aliphatic heterocycles. The third-order valence-corrected chi connectivity index (χ3v) is 36.6. The van der Waals surface area contributed by atoms with Crippen LogP contribution < -0.4 is 13.6 Å². The minimum atomic E-state index is -5.68. The van der Waals surface area contributed by atoms with Crippen LogP contribution in [0.15, 0.2) is 126 Å². The van der Waals surface area contributed by atoms with E-state index < -0.39 is 25.9 Å². The van der Waals surface area contributed by atoms with Crippen molar-refractivity contribution in [3.8, 4) is 33.4 Å². The molecule has 2 atom stereocenters. The molecule has 9 rings (SSSR count). The maximum absolute atomic E-state index is 9.40. The van der Waals surface area contributed by atoms with Crippen LogP contribution in [0.5, 0.6) is 0 Å². The number of benzene rings is 6. The van der Waals surface area contributed by atoms with Crippen LogP contribution >= 0.6 is 17.0 Å². The number of halogens is 2. The molecule has 58 heavy (non-hydrogen) atoms. The molecule has 0 nitrogen and oxygen atoms in total. The van der Waals surface area contributed by atoms with Gasteiger partial charge in [0.2, 0.25) is 0 Å². The zero-order chi connectivity index (χ0) is 40.7. The van der Waals surface area contributed by atoms with Crippen LogP contribution in [0.25, 0.3) is 45.5 Å². The molecule has 2 unspecified atom stereocenters. The molecule has 0 amide bonds. The van der Waals surface area contributed by atoms with Gasteiger partial charge in [-0.15, -0.1) is 0 Å². The predicted octanol–water partition coefficient (Wildman–Crippen LogP) is 13.1. The average molecular weight is 894 g/mol. The fourth-order valence-corrected chi connectivity index (χ4v) is 39.5. The average Bonchev–Trinajstić information content (AvgIpc) is 3.94. The zero-order valence-electron chi connectivity index (χ0n) is 35.3. The molecule has 0 saturated heterocycles. The van der Waals surface area contributed by atoms with Crippen molar-refractivity contribution >= 4 is 52.3 Å². The van der Waals surface area contributed by atoms with Gasteiger partial charge >= 0.3 is 360 Å². The van der Waals surface area contributed by atoms with Gasteiger partial charge in [-0.1, -0.05) is 0 Å². The first kappa shape index (κ1) is 39.9. The Bertz CT molecular complexity index is 2580. The molecule has 6 aromatic rings. The Labute approximate surface area is 357 Å². The number of fused-ring (bicyclic) bond motifs is 5. The molecule has 3 aliphatic rings. The van der Waals surface area contributed by atoms with Crippen LogP contribution in [0.2, 0.25) is 0 Å². The fraction of sp³-hybridized carbons (Fsp3) is 0.259. The van der Waals surface area contributed by atoms with Gasteiger partial charge in [-0.25, -0.2) is 0 Å². The van der Waals surface area contributed by atoms with E-state index in [1.807, 2.05) is 0 Å². The van der Waals surface area contributed by atoms with Gasteiger partial charge in [-0.05, 0) is 0 Å². The van der Waals surface area contributed by atoms with Gasteiger partial charge in [-0.2, -0.15) is 0 Å². The van der Waals surface area contributed by atoms with E-state index in [1.165, 1.54) is 103 Å².